The molecule has 2 atom stereocenters. The number of carbonyl (C=O) groups is 2. The van der Waals surface area contributed by atoms with E-state index in [4.69, 9.17) is 9.47 Å². The predicted octanol–water partition coefficient (Wildman–Crippen LogP) is 4.01. The van der Waals surface area contributed by atoms with E-state index < -0.39 is 5.97 Å². The number of carbonyl (C=O) groups excluding carboxylic acids is 2. The Morgan fingerprint density at radius 3 is 2.50 bits per heavy atom. The van der Waals surface area contributed by atoms with Crippen molar-refractivity contribution in [3.05, 3.63) is 39.7 Å². The van der Waals surface area contributed by atoms with Gasteiger partial charge in [-0.1, -0.05) is 30.3 Å². The summed E-state index contributed by atoms with van der Waals surface area (Å²) in [5.74, 6) is -0.649. The molecule has 3 rings (SSSR count). The summed E-state index contributed by atoms with van der Waals surface area (Å²) < 4.78 is 11.5. The molecule has 0 radical (unpaired) electrons. The van der Waals surface area contributed by atoms with Crippen molar-refractivity contribution in [2.24, 2.45) is 0 Å². The van der Waals surface area contributed by atoms with Crippen LogP contribution in [0.4, 0.5) is 5.00 Å². The van der Waals surface area contributed by atoms with E-state index in [2.05, 4.69) is 26.1 Å². The Morgan fingerprint density at radius 2 is 1.89 bits per heavy atom. The highest BCUT2D eigenvalue weighted by molar-refractivity contribution is 9.11. The van der Waals surface area contributed by atoms with Crippen molar-refractivity contribution in [3.8, 4) is 11.1 Å². The van der Waals surface area contributed by atoms with Crippen LogP contribution in [-0.4, -0.2) is 55.7 Å². The van der Waals surface area contributed by atoms with E-state index in [1.807, 2.05) is 44.2 Å². The molecular weight excluding hydrogens is 444 g/mol. The number of methoxy groups -OCH3 is 1. The number of anilines is 1. The minimum atomic E-state index is -0.482. The summed E-state index contributed by atoms with van der Waals surface area (Å²) in [5, 5.41) is 3.38. The van der Waals surface area contributed by atoms with E-state index >= 15 is 0 Å². The molecule has 2 aromatic rings. The zero-order chi connectivity index (χ0) is 20.3. The Balaban J connectivity index is 1.83. The van der Waals surface area contributed by atoms with Crippen molar-refractivity contribution in [2.75, 3.05) is 32.1 Å². The lowest BCUT2D eigenvalue weighted by Gasteiger charge is -2.34. The van der Waals surface area contributed by atoms with Crippen molar-refractivity contribution >= 4 is 44.1 Å². The van der Waals surface area contributed by atoms with Gasteiger partial charge in [0.25, 0.3) is 0 Å². The second kappa shape index (κ2) is 9.17. The molecule has 150 valence electrons. The second-order valence-corrected chi connectivity index (χ2v) is 9.15. The number of esters is 1. The third kappa shape index (κ3) is 4.81. The van der Waals surface area contributed by atoms with Gasteiger partial charge in [-0.05, 0) is 35.3 Å². The minimum Gasteiger partial charge on any atom is -0.465 e. The van der Waals surface area contributed by atoms with Crippen LogP contribution in [0.1, 0.15) is 24.2 Å². The molecule has 0 spiro atoms. The summed E-state index contributed by atoms with van der Waals surface area (Å²) in [6, 6.07) is 9.55. The Hall–Kier alpha value is -1.74. The maximum absolute atomic E-state index is 12.7. The van der Waals surface area contributed by atoms with E-state index in [0.29, 0.717) is 23.7 Å². The van der Waals surface area contributed by atoms with Crippen molar-refractivity contribution in [1.82, 2.24) is 4.90 Å². The lowest BCUT2D eigenvalue weighted by atomic mass is 10.0. The molecule has 1 amide bonds. The highest BCUT2D eigenvalue weighted by Gasteiger charge is 2.27. The van der Waals surface area contributed by atoms with Crippen LogP contribution >= 0.6 is 27.3 Å². The van der Waals surface area contributed by atoms with Crippen LogP contribution in [-0.2, 0) is 14.3 Å². The zero-order valence-corrected chi connectivity index (χ0v) is 18.4. The molecule has 1 fully saturated rings. The number of halogens is 1. The molecule has 1 aromatic heterocycles. The average molecular weight is 467 g/mol. The van der Waals surface area contributed by atoms with Crippen molar-refractivity contribution in [1.29, 1.82) is 0 Å². The van der Waals surface area contributed by atoms with E-state index in [0.717, 1.165) is 14.9 Å². The quantitative estimate of drug-likeness (QED) is 0.674. The molecule has 1 saturated heterocycles. The molecule has 0 aliphatic carbocycles. The summed E-state index contributed by atoms with van der Waals surface area (Å²) in [5.41, 5.74) is 1.96. The largest absolute Gasteiger partial charge is 0.465 e. The number of hydrogen-bond acceptors (Lipinski definition) is 6. The van der Waals surface area contributed by atoms with Gasteiger partial charge in [-0.2, -0.15) is 0 Å². The lowest BCUT2D eigenvalue weighted by Crippen LogP contribution is -2.48. The number of morpholine rings is 1. The summed E-state index contributed by atoms with van der Waals surface area (Å²) in [6.45, 7) is 5.64. The van der Waals surface area contributed by atoms with Crippen LogP contribution in [0.15, 0.2) is 34.1 Å². The van der Waals surface area contributed by atoms with Crippen LogP contribution in [0.25, 0.3) is 11.1 Å². The van der Waals surface area contributed by atoms with Crippen molar-refractivity contribution in [2.45, 2.75) is 26.1 Å². The highest BCUT2D eigenvalue weighted by Crippen LogP contribution is 2.44. The maximum atomic E-state index is 12.7. The molecule has 28 heavy (non-hydrogen) atoms. The first-order chi connectivity index (χ1) is 13.4. The van der Waals surface area contributed by atoms with E-state index in [1.54, 1.807) is 0 Å². The van der Waals surface area contributed by atoms with Gasteiger partial charge in [0.15, 0.2) is 0 Å². The lowest BCUT2D eigenvalue weighted by molar-refractivity contribution is -0.121. The van der Waals surface area contributed by atoms with Gasteiger partial charge in [0.05, 0.1) is 29.6 Å². The fourth-order valence-electron chi connectivity index (χ4n) is 3.43. The molecule has 2 heterocycles. The second-order valence-electron chi connectivity index (χ2n) is 6.81. The molecule has 1 aliphatic rings. The Morgan fingerprint density at radius 1 is 1.25 bits per heavy atom. The fraction of sp³-hybridized carbons (Fsp3) is 0.400. The van der Waals surface area contributed by atoms with Crippen molar-refractivity contribution in [3.63, 3.8) is 0 Å². The number of ether oxygens (including phenoxy) is 2. The van der Waals surface area contributed by atoms with Gasteiger partial charge in [0, 0.05) is 18.7 Å². The van der Waals surface area contributed by atoms with Crippen LogP contribution in [0.3, 0.4) is 0 Å². The van der Waals surface area contributed by atoms with Gasteiger partial charge in [-0.25, -0.2) is 4.79 Å². The topological polar surface area (TPSA) is 67.9 Å². The Bertz CT molecular complexity index is 845. The molecule has 0 saturated carbocycles. The zero-order valence-electron chi connectivity index (χ0n) is 16.0. The first kappa shape index (κ1) is 21.0. The molecule has 6 nitrogen and oxygen atoms in total. The predicted molar refractivity (Wildman–Crippen MR) is 114 cm³/mol. The number of thiophene rings is 1. The van der Waals surface area contributed by atoms with Crippen LogP contribution in [0, 0.1) is 0 Å². The highest BCUT2D eigenvalue weighted by atomic mass is 79.9. The number of rotatable bonds is 5. The number of hydrogen-bond donors (Lipinski definition) is 1. The summed E-state index contributed by atoms with van der Waals surface area (Å²) in [6.07, 6.45) is 0.172. The molecule has 0 bridgehead atoms. The third-order valence-electron chi connectivity index (χ3n) is 4.43. The van der Waals surface area contributed by atoms with Crippen LogP contribution < -0.4 is 5.32 Å². The smallest absolute Gasteiger partial charge is 0.341 e. The van der Waals surface area contributed by atoms with Gasteiger partial charge in [0.2, 0.25) is 5.91 Å². The molecule has 2 unspecified atom stereocenters. The Kier molecular flexibility index (Phi) is 6.87. The Labute approximate surface area is 176 Å². The number of nitrogens with one attached hydrogen (secondary N) is 1. The molecule has 1 aromatic carbocycles. The van der Waals surface area contributed by atoms with E-state index in [1.165, 1.54) is 18.4 Å². The first-order valence-corrected chi connectivity index (χ1v) is 10.6. The number of nitrogens with zero attached hydrogens (tertiary/aromatic N) is 1. The van der Waals surface area contributed by atoms with Gasteiger partial charge in [-0.15, -0.1) is 11.3 Å². The summed E-state index contributed by atoms with van der Waals surface area (Å²) in [7, 11) is 1.34. The van der Waals surface area contributed by atoms with Gasteiger partial charge >= 0.3 is 5.97 Å². The van der Waals surface area contributed by atoms with Gasteiger partial charge in [0.1, 0.15) is 10.6 Å². The molecular formula is C20H23BrN2O4S. The SMILES string of the molecule is COC(=O)c1c(NC(=O)CN2CC(C)OC(C)C2)sc(Br)c1-c1ccccc1. The van der Waals surface area contributed by atoms with E-state index in [9.17, 15) is 9.59 Å². The average Bonchev–Trinajstić information content (AvgIpc) is 2.96. The molecule has 1 aliphatic heterocycles. The monoisotopic (exact) mass is 466 g/mol. The van der Waals surface area contributed by atoms with Crippen LogP contribution in [0.5, 0.6) is 0 Å². The number of benzene rings is 1. The van der Waals surface area contributed by atoms with E-state index in [-0.39, 0.29) is 24.7 Å². The fourth-order valence-corrected chi connectivity index (χ4v) is 5.30. The maximum Gasteiger partial charge on any atom is 0.341 e. The number of amides is 1. The summed E-state index contributed by atoms with van der Waals surface area (Å²) in [4.78, 5) is 27.2. The van der Waals surface area contributed by atoms with Gasteiger partial charge < -0.3 is 14.8 Å². The standard InChI is InChI=1S/C20H23BrN2O4S/c1-12-9-23(10-13(2)27-12)11-15(24)22-19-17(20(25)26-3)16(18(21)28-19)14-7-5-4-6-8-14/h4-8,12-13H,9-11H2,1-3H3,(H,22,24). The third-order valence-corrected chi connectivity index (χ3v) is 6.21. The van der Waals surface area contributed by atoms with Gasteiger partial charge in [-0.3, -0.25) is 9.69 Å². The minimum absolute atomic E-state index is 0.0859. The first-order valence-electron chi connectivity index (χ1n) is 9.02. The van der Waals surface area contributed by atoms with Crippen molar-refractivity contribution < 1.29 is 19.1 Å². The summed E-state index contributed by atoms with van der Waals surface area (Å²) >= 11 is 4.85. The molecule has 1 N–H and O–H groups in total. The van der Waals surface area contributed by atoms with Crippen LogP contribution in [0.2, 0.25) is 0 Å². The normalized spacial score (nSPS) is 20.0. The molecule has 8 heteroatoms.